The molecule has 3 nitrogen and oxygen atoms in total. The van der Waals surface area contributed by atoms with Gasteiger partial charge in [0.25, 0.3) is 0 Å². The van der Waals surface area contributed by atoms with E-state index in [0.717, 1.165) is 39.0 Å². The Hall–Kier alpha value is -0.0700. The number of phenols is 1. The summed E-state index contributed by atoms with van der Waals surface area (Å²) in [5.41, 5.74) is 0.690. The van der Waals surface area contributed by atoms with Gasteiger partial charge in [-0.1, -0.05) is 29.3 Å². The van der Waals surface area contributed by atoms with E-state index in [9.17, 15) is 9.50 Å². The molecular formula is C14H22BrCl2FN2O. The molecule has 0 aliphatic carbocycles. The number of hydrogen-bond acceptors (Lipinski definition) is 3. The summed E-state index contributed by atoms with van der Waals surface area (Å²) in [5.74, 6) is -0.763. The molecule has 2 rings (SSSR count). The van der Waals surface area contributed by atoms with Crippen molar-refractivity contribution in [1.29, 1.82) is 0 Å². The van der Waals surface area contributed by atoms with Gasteiger partial charge in [-0.3, -0.25) is 4.90 Å². The smallest absolute Gasteiger partial charge is 0.166 e. The third-order valence-corrected chi connectivity index (χ3v) is 4.03. The fraction of sp³-hybridized carbons (Fsp3) is 0.571. The van der Waals surface area contributed by atoms with Crippen molar-refractivity contribution in [1.82, 2.24) is 10.2 Å². The van der Waals surface area contributed by atoms with E-state index in [2.05, 4.69) is 33.1 Å². The van der Waals surface area contributed by atoms with E-state index in [1.165, 1.54) is 6.07 Å². The monoisotopic (exact) mass is 402 g/mol. The highest BCUT2D eigenvalue weighted by Gasteiger charge is 2.25. The highest BCUT2D eigenvalue weighted by Crippen LogP contribution is 2.36. The minimum absolute atomic E-state index is 0. The van der Waals surface area contributed by atoms with Crippen LogP contribution in [0.5, 0.6) is 5.75 Å². The fourth-order valence-electron chi connectivity index (χ4n) is 2.64. The number of nitrogens with one attached hydrogen (secondary N) is 1. The van der Waals surface area contributed by atoms with Crippen molar-refractivity contribution in [2.75, 3.05) is 26.2 Å². The maximum absolute atomic E-state index is 13.7. The second-order valence-electron chi connectivity index (χ2n) is 4.92. The van der Waals surface area contributed by atoms with Crippen molar-refractivity contribution in [3.8, 4) is 5.75 Å². The molecule has 21 heavy (non-hydrogen) atoms. The highest BCUT2D eigenvalue weighted by atomic mass is 79.9. The van der Waals surface area contributed by atoms with Gasteiger partial charge in [0, 0.05) is 42.3 Å². The van der Waals surface area contributed by atoms with Gasteiger partial charge in [0.1, 0.15) is 0 Å². The van der Waals surface area contributed by atoms with Crippen LogP contribution in [0.25, 0.3) is 0 Å². The second-order valence-corrected chi connectivity index (χ2v) is 5.83. The van der Waals surface area contributed by atoms with E-state index in [1.54, 1.807) is 0 Å². The van der Waals surface area contributed by atoms with Crippen LogP contribution in [0.3, 0.4) is 0 Å². The summed E-state index contributed by atoms with van der Waals surface area (Å²) in [6.07, 6.45) is 1.92. The van der Waals surface area contributed by atoms with Crippen LogP contribution in [-0.4, -0.2) is 36.2 Å². The lowest BCUT2D eigenvalue weighted by Gasteiger charge is -2.35. The molecule has 1 aliphatic heterocycles. The van der Waals surface area contributed by atoms with Crippen LogP contribution in [0.1, 0.15) is 31.4 Å². The van der Waals surface area contributed by atoms with Crippen molar-refractivity contribution in [3.63, 3.8) is 0 Å². The molecule has 0 spiro atoms. The fourth-order valence-corrected chi connectivity index (χ4v) is 3.09. The summed E-state index contributed by atoms with van der Waals surface area (Å²) in [6, 6.07) is 3.22. The van der Waals surface area contributed by atoms with E-state index >= 15 is 0 Å². The molecular weight excluding hydrogens is 382 g/mol. The van der Waals surface area contributed by atoms with Crippen LogP contribution in [0, 0.1) is 5.82 Å². The van der Waals surface area contributed by atoms with Crippen molar-refractivity contribution in [2.24, 2.45) is 0 Å². The minimum atomic E-state index is -0.555. The van der Waals surface area contributed by atoms with Crippen LogP contribution in [0.2, 0.25) is 0 Å². The van der Waals surface area contributed by atoms with Gasteiger partial charge in [0.15, 0.2) is 11.6 Å². The normalized spacial score (nSPS) is 16.7. The quantitative estimate of drug-likeness (QED) is 0.800. The Morgan fingerprint density at radius 2 is 1.95 bits per heavy atom. The Labute approximate surface area is 146 Å². The third-order valence-electron chi connectivity index (χ3n) is 3.57. The van der Waals surface area contributed by atoms with Crippen LogP contribution >= 0.6 is 40.7 Å². The number of rotatable bonds is 4. The predicted molar refractivity (Wildman–Crippen MR) is 92.4 cm³/mol. The molecule has 1 fully saturated rings. The lowest BCUT2D eigenvalue weighted by atomic mass is 9.98. The number of halogens is 4. The topological polar surface area (TPSA) is 35.5 Å². The Kier molecular flexibility index (Phi) is 9.81. The Morgan fingerprint density at radius 1 is 1.33 bits per heavy atom. The van der Waals surface area contributed by atoms with Crippen LogP contribution in [0.4, 0.5) is 4.39 Å². The van der Waals surface area contributed by atoms with Crippen LogP contribution in [-0.2, 0) is 0 Å². The van der Waals surface area contributed by atoms with Gasteiger partial charge in [-0.25, -0.2) is 4.39 Å². The highest BCUT2D eigenvalue weighted by molar-refractivity contribution is 9.10. The first-order valence-electron chi connectivity index (χ1n) is 6.76. The Morgan fingerprint density at radius 3 is 2.52 bits per heavy atom. The van der Waals surface area contributed by atoms with E-state index < -0.39 is 5.82 Å². The Bertz CT molecular complexity index is 445. The van der Waals surface area contributed by atoms with Gasteiger partial charge < -0.3 is 10.4 Å². The van der Waals surface area contributed by atoms with Crippen molar-refractivity contribution < 1.29 is 9.50 Å². The molecule has 1 aliphatic rings. The van der Waals surface area contributed by atoms with Crippen LogP contribution < -0.4 is 5.32 Å². The molecule has 0 unspecified atom stereocenters. The number of benzene rings is 1. The first-order valence-corrected chi connectivity index (χ1v) is 7.55. The van der Waals surface area contributed by atoms with Gasteiger partial charge in [-0.05, 0) is 18.6 Å². The summed E-state index contributed by atoms with van der Waals surface area (Å²) in [6.45, 7) is 5.85. The first kappa shape index (κ1) is 20.9. The molecule has 0 aromatic heterocycles. The van der Waals surface area contributed by atoms with Crippen molar-refractivity contribution in [2.45, 2.75) is 25.8 Å². The first-order chi connectivity index (χ1) is 9.13. The minimum Gasteiger partial charge on any atom is -0.505 e. The number of phenolic OH excluding ortho intramolecular Hbond substituents is 1. The Balaban J connectivity index is 0.00000200. The van der Waals surface area contributed by atoms with Gasteiger partial charge in [-0.2, -0.15) is 0 Å². The molecule has 0 bridgehead atoms. The third kappa shape index (κ3) is 5.25. The molecule has 1 aromatic carbocycles. The number of aromatic hydroxyl groups is 1. The van der Waals surface area contributed by atoms with E-state index in [0.29, 0.717) is 10.0 Å². The SMILES string of the molecule is CCC[C@@H](c1cc(Br)cc(F)c1O)N1CCNCC1.Cl.Cl. The molecule has 1 heterocycles. The zero-order valence-electron chi connectivity index (χ0n) is 11.9. The molecule has 0 saturated carbocycles. The predicted octanol–water partition coefficient (Wildman–Crippen LogP) is 3.88. The maximum Gasteiger partial charge on any atom is 0.166 e. The molecule has 122 valence electrons. The zero-order valence-corrected chi connectivity index (χ0v) is 15.2. The van der Waals surface area contributed by atoms with Gasteiger partial charge in [0.05, 0.1) is 0 Å². The average Bonchev–Trinajstić information content (AvgIpc) is 2.41. The molecule has 0 radical (unpaired) electrons. The van der Waals surface area contributed by atoms with Crippen LogP contribution in [0.15, 0.2) is 16.6 Å². The van der Waals surface area contributed by atoms with Gasteiger partial charge >= 0.3 is 0 Å². The molecule has 0 amide bonds. The summed E-state index contributed by atoms with van der Waals surface area (Å²) < 4.78 is 14.4. The summed E-state index contributed by atoms with van der Waals surface area (Å²) in [4.78, 5) is 2.32. The van der Waals surface area contributed by atoms with E-state index in [1.807, 2.05) is 6.07 Å². The lowest BCUT2D eigenvalue weighted by molar-refractivity contribution is 0.161. The lowest BCUT2D eigenvalue weighted by Crippen LogP contribution is -2.45. The zero-order chi connectivity index (χ0) is 13.8. The number of nitrogens with zero attached hydrogens (tertiary/aromatic N) is 1. The largest absolute Gasteiger partial charge is 0.505 e. The average molecular weight is 404 g/mol. The molecule has 2 N–H and O–H groups in total. The summed E-state index contributed by atoms with van der Waals surface area (Å²) in [5, 5.41) is 13.3. The van der Waals surface area contributed by atoms with Gasteiger partial charge in [0.2, 0.25) is 0 Å². The number of piperazine rings is 1. The van der Waals surface area contributed by atoms with Crippen molar-refractivity contribution in [3.05, 3.63) is 28.0 Å². The maximum atomic E-state index is 13.7. The second kappa shape index (κ2) is 9.85. The molecule has 1 aromatic rings. The molecule has 1 atom stereocenters. The molecule has 7 heteroatoms. The van der Waals surface area contributed by atoms with Crippen molar-refractivity contribution >= 4 is 40.7 Å². The molecule has 1 saturated heterocycles. The summed E-state index contributed by atoms with van der Waals surface area (Å²) >= 11 is 3.31. The number of hydrogen-bond donors (Lipinski definition) is 2. The van der Waals surface area contributed by atoms with E-state index in [4.69, 9.17) is 0 Å². The van der Waals surface area contributed by atoms with Gasteiger partial charge in [-0.15, -0.1) is 24.8 Å². The standard InChI is InChI=1S/C14H20BrFN2O.2ClH/c1-2-3-13(18-6-4-17-5-7-18)11-8-10(15)9-12(16)14(11)19;;/h8-9,13,17,19H,2-7H2,1H3;2*1H/t13-;;/m0../s1. The van der Waals surface area contributed by atoms with E-state index in [-0.39, 0.29) is 36.6 Å². The summed E-state index contributed by atoms with van der Waals surface area (Å²) in [7, 11) is 0.